The van der Waals surface area contributed by atoms with Crippen LogP contribution in [0.2, 0.25) is 0 Å². The Bertz CT molecular complexity index is 755. The summed E-state index contributed by atoms with van der Waals surface area (Å²) in [5.41, 5.74) is 3.96. The highest BCUT2D eigenvalue weighted by Crippen LogP contribution is 2.16. The lowest BCUT2D eigenvalue weighted by Crippen LogP contribution is -2.48. The largest absolute Gasteiger partial charge is 0.335 e. The minimum atomic E-state index is 0.0171. The van der Waals surface area contributed by atoms with Gasteiger partial charge in [-0.15, -0.1) is 0 Å². The Kier molecular flexibility index (Phi) is 6.27. The quantitative estimate of drug-likeness (QED) is 0.598. The van der Waals surface area contributed by atoms with Gasteiger partial charge in [0.2, 0.25) is 0 Å². The predicted molar refractivity (Wildman–Crippen MR) is 106 cm³/mol. The number of amides is 1. The highest BCUT2D eigenvalue weighted by Gasteiger charge is 2.23. The molecule has 2 heterocycles. The van der Waals surface area contributed by atoms with E-state index in [4.69, 9.17) is 0 Å². The Labute approximate surface area is 159 Å². The average molecular weight is 371 g/mol. The summed E-state index contributed by atoms with van der Waals surface area (Å²) in [6.07, 6.45) is 0. The minimum absolute atomic E-state index is 0.0171. The summed E-state index contributed by atoms with van der Waals surface area (Å²) in [7, 11) is 0. The Balaban J connectivity index is 1.59. The number of benzene rings is 1. The topological polar surface area (TPSA) is 49.3 Å². The third-order valence-electron chi connectivity index (χ3n) is 4.51. The van der Waals surface area contributed by atoms with Crippen LogP contribution in [0.25, 0.3) is 0 Å². The molecule has 0 aliphatic carbocycles. The van der Waals surface area contributed by atoms with Crippen molar-refractivity contribution in [2.24, 2.45) is 0 Å². The minimum Gasteiger partial charge on any atom is -0.335 e. The molecule has 2 aromatic rings. The molecule has 1 amide bonds. The molecule has 0 spiro atoms. The van der Waals surface area contributed by atoms with Gasteiger partial charge in [0.25, 0.3) is 5.91 Å². The number of nitrogens with zero attached hydrogens (tertiary/aromatic N) is 4. The molecule has 3 rings (SSSR count). The lowest BCUT2D eigenvalue weighted by atomic mass is 10.1. The molecular weight excluding hydrogens is 344 g/mol. The van der Waals surface area contributed by atoms with Crippen molar-refractivity contribution in [2.45, 2.75) is 32.5 Å². The highest BCUT2D eigenvalue weighted by atomic mass is 32.2. The van der Waals surface area contributed by atoms with Gasteiger partial charge in [0, 0.05) is 38.4 Å². The molecule has 1 aromatic carbocycles. The number of carbonyl (C=O) groups is 1. The lowest BCUT2D eigenvalue weighted by Gasteiger charge is -2.34. The van der Waals surface area contributed by atoms with Gasteiger partial charge in [-0.3, -0.25) is 9.69 Å². The molecule has 1 aliphatic heterocycles. The molecule has 1 saturated heterocycles. The van der Waals surface area contributed by atoms with E-state index in [-0.39, 0.29) is 5.91 Å². The van der Waals surface area contributed by atoms with Crippen LogP contribution < -0.4 is 0 Å². The van der Waals surface area contributed by atoms with Crippen LogP contribution in [0.15, 0.2) is 35.5 Å². The molecule has 138 valence electrons. The van der Waals surface area contributed by atoms with Gasteiger partial charge >= 0.3 is 0 Å². The van der Waals surface area contributed by atoms with E-state index in [0.717, 1.165) is 44.2 Å². The summed E-state index contributed by atoms with van der Waals surface area (Å²) in [5, 5.41) is 0.689. The number of aromatic nitrogens is 2. The van der Waals surface area contributed by atoms with E-state index < -0.39 is 0 Å². The van der Waals surface area contributed by atoms with Gasteiger partial charge in [0.05, 0.1) is 0 Å². The summed E-state index contributed by atoms with van der Waals surface area (Å²) >= 11 is 1.57. The molecule has 5 nitrogen and oxygen atoms in total. The zero-order chi connectivity index (χ0) is 18.5. The number of piperazine rings is 1. The van der Waals surface area contributed by atoms with Crippen molar-refractivity contribution in [2.75, 3.05) is 31.9 Å². The average Bonchev–Trinajstić information content (AvgIpc) is 2.63. The zero-order valence-corrected chi connectivity index (χ0v) is 16.6. The first-order chi connectivity index (χ1) is 12.5. The van der Waals surface area contributed by atoms with E-state index in [2.05, 4.69) is 53.0 Å². The summed E-state index contributed by atoms with van der Waals surface area (Å²) in [6.45, 7) is 10.3. The fourth-order valence-corrected chi connectivity index (χ4v) is 3.70. The van der Waals surface area contributed by atoms with Crippen molar-refractivity contribution >= 4 is 17.7 Å². The van der Waals surface area contributed by atoms with Crippen molar-refractivity contribution in [3.63, 3.8) is 0 Å². The molecule has 1 fully saturated rings. The summed E-state index contributed by atoms with van der Waals surface area (Å²) in [6, 6.07) is 10.5. The van der Waals surface area contributed by atoms with Crippen molar-refractivity contribution < 1.29 is 4.79 Å². The monoisotopic (exact) mass is 370 g/mol. The standard InChI is InChI=1S/C20H26N4OS/c1-4-26-20-21-16(3)13-18(22-20)19(25)24-11-9-23(10-12-24)14-17-7-5-15(2)6-8-17/h5-8,13H,4,9-12,14H2,1-3H3. The number of thioether (sulfide) groups is 1. The summed E-state index contributed by atoms with van der Waals surface area (Å²) in [5.74, 6) is 0.915. The van der Waals surface area contributed by atoms with Gasteiger partial charge in [-0.1, -0.05) is 48.5 Å². The van der Waals surface area contributed by atoms with E-state index >= 15 is 0 Å². The van der Waals surface area contributed by atoms with Crippen LogP contribution in [0, 0.1) is 13.8 Å². The maximum atomic E-state index is 12.8. The van der Waals surface area contributed by atoms with E-state index in [9.17, 15) is 4.79 Å². The second-order valence-electron chi connectivity index (χ2n) is 6.66. The number of hydrogen-bond donors (Lipinski definition) is 0. The Morgan fingerprint density at radius 2 is 1.77 bits per heavy atom. The molecule has 26 heavy (non-hydrogen) atoms. The summed E-state index contributed by atoms with van der Waals surface area (Å²) < 4.78 is 0. The predicted octanol–water partition coefficient (Wildman–Crippen LogP) is 3.16. The van der Waals surface area contributed by atoms with E-state index in [1.165, 1.54) is 11.1 Å². The van der Waals surface area contributed by atoms with Crippen molar-refractivity contribution in [3.8, 4) is 0 Å². The van der Waals surface area contributed by atoms with Crippen LogP contribution in [0.3, 0.4) is 0 Å². The lowest BCUT2D eigenvalue weighted by molar-refractivity contribution is 0.0621. The first-order valence-electron chi connectivity index (χ1n) is 9.11. The summed E-state index contributed by atoms with van der Waals surface area (Å²) in [4.78, 5) is 26.0. The zero-order valence-electron chi connectivity index (χ0n) is 15.7. The van der Waals surface area contributed by atoms with Crippen LogP contribution in [0.4, 0.5) is 0 Å². The molecule has 0 atom stereocenters. The van der Waals surface area contributed by atoms with E-state index in [0.29, 0.717) is 10.9 Å². The molecule has 0 N–H and O–H groups in total. The van der Waals surface area contributed by atoms with Gasteiger partial charge in [-0.25, -0.2) is 9.97 Å². The van der Waals surface area contributed by atoms with Gasteiger partial charge in [-0.2, -0.15) is 0 Å². The molecule has 0 saturated carbocycles. The first-order valence-corrected chi connectivity index (χ1v) is 10.1. The molecule has 0 unspecified atom stereocenters. The third kappa shape index (κ3) is 4.83. The maximum absolute atomic E-state index is 12.8. The number of carbonyl (C=O) groups excluding carboxylic acids is 1. The highest BCUT2D eigenvalue weighted by molar-refractivity contribution is 7.99. The molecule has 1 aromatic heterocycles. The van der Waals surface area contributed by atoms with Crippen LogP contribution >= 0.6 is 11.8 Å². The van der Waals surface area contributed by atoms with Gasteiger partial charge < -0.3 is 4.90 Å². The Hall–Kier alpha value is -1.92. The molecule has 1 aliphatic rings. The second-order valence-corrected chi connectivity index (χ2v) is 7.90. The molecule has 6 heteroatoms. The van der Waals surface area contributed by atoms with Gasteiger partial charge in [0.15, 0.2) is 5.16 Å². The maximum Gasteiger partial charge on any atom is 0.272 e. The fraction of sp³-hybridized carbons (Fsp3) is 0.450. The van der Waals surface area contributed by atoms with Crippen molar-refractivity contribution in [1.29, 1.82) is 0 Å². The third-order valence-corrected chi connectivity index (χ3v) is 5.24. The number of aryl methyl sites for hydroxylation is 2. The van der Waals surface area contributed by atoms with Crippen LogP contribution in [0.5, 0.6) is 0 Å². The molecule has 0 bridgehead atoms. The smallest absolute Gasteiger partial charge is 0.272 e. The fourth-order valence-electron chi connectivity index (χ4n) is 3.07. The van der Waals surface area contributed by atoms with E-state index in [1.807, 2.05) is 11.8 Å². The SMILES string of the molecule is CCSc1nc(C)cc(C(=O)N2CCN(Cc3ccc(C)cc3)CC2)n1. The van der Waals surface area contributed by atoms with E-state index in [1.54, 1.807) is 17.8 Å². The molecular formula is C20H26N4OS. The first kappa shape index (κ1) is 18.9. The van der Waals surface area contributed by atoms with Gasteiger partial charge in [-0.05, 0) is 31.2 Å². The van der Waals surface area contributed by atoms with Crippen LogP contribution in [0.1, 0.15) is 34.2 Å². The van der Waals surface area contributed by atoms with Crippen molar-refractivity contribution in [1.82, 2.24) is 19.8 Å². The Morgan fingerprint density at radius 3 is 2.42 bits per heavy atom. The number of rotatable bonds is 5. The molecule has 0 radical (unpaired) electrons. The Morgan fingerprint density at radius 1 is 1.08 bits per heavy atom. The number of hydrogen-bond acceptors (Lipinski definition) is 5. The second kappa shape index (κ2) is 8.64. The van der Waals surface area contributed by atoms with Crippen LogP contribution in [-0.4, -0.2) is 57.6 Å². The van der Waals surface area contributed by atoms with Crippen molar-refractivity contribution in [3.05, 3.63) is 52.8 Å². The van der Waals surface area contributed by atoms with Crippen LogP contribution in [-0.2, 0) is 6.54 Å². The van der Waals surface area contributed by atoms with Gasteiger partial charge in [0.1, 0.15) is 5.69 Å². The normalized spacial score (nSPS) is 15.3.